The van der Waals surface area contributed by atoms with Gasteiger partial charge in [-0.1, -0.05) is 18.2 Å². The molecule has 30 heavy (non-hydrogen) atoms. The van der Waals surface area contributed by atoms with Crippen LogP contribution in [0.4, 0.5) is 18.9 Å². The van der Waals surface area contributed by atoms with E-state index in [1.54, 1.807) is 19.1 Å². The smallest absolute Gasteiger partial charge is 0.270 e. The van der Waals surface area contributed by atoms with E-state index in [4.69, 9.17) is 4.74 Å². The highest BCUT2D eigenvalue weighted by molar-refractivity contribution is 5.48. The standard InChI is InChI=1S/C22H19F3N2O3/c1-13(15-5-9-19(24)20(25)11-15)26-22(14-3-6-16(23)7-4-14)18-12-17(27(28)29)8-10-21(18)30-2/h3-13,22,26H,1-2H3. The van der Waals surface area contributed by atoms with Crippen LogP contribution in [-0.2, 0) is 0 Å². The number of nitrogens with one attached hydrogen (secondary N) is 1. The average Bonchev–Trinajstić information content (AvgIpc) is 2.74. The van der Waals surface area contributed by atoms with Crippen LogP contribution in [0, 0.1) is 27.6 Å². The van der Waals surface area contributed by atoms with E-state index >= 15 is 0 Å². The number of nitro benzene ring substituents is 1. The molecule has 0 heterocycles. The van der Waals surface area contributed by atoms with Gasteiger partial charge in [-0.05, 0) is 48.4 Å². The number of rotatable bonds is 7. The zero-order valence-electron chi connectivity index (χ0n) is 16.2. The van der Waals surface area contributed by atoms with Gasteiger partial charge in [0.2, 0.25) is 0 Å². The Morgan fingerprint density at radius 1 is 0.933 bits per heavy atom. The summed E-state index contributed by atoms with van der Waals surface area (Å²) in [7, 11) is 1.44. The van der Waals surface area contributed by atoms with Gasteiger partial charge in [0.05, 0.1) is 18.1 Å². The lowest BCUT2D eigenvalue weighted by atomic mass is 9.95. The maximum Gasteiger partial charge on any atom is 0.270 e. The molecule has 0 fully saturated rings. The van der Waals surface area contributed by atoms with E-state index in [2.05, 4.69) is 5.32 Å². The fraction of sp³-hybridized carbons (Fsp3) is 0.182. The molecule has 2 unspecified atom stereocenters. The van der Waals surface area contributed by atoms with Crippen LogP contribution in [0.5, 0.6) is 5.75 Å². The lowest BCUT2D eigenvalue weighted by molar-refractivity contribution is -0.385. The van der Waals surface area contributed by atoms with Crippen molar-refractivity contribution in [2.75, 3.05) is 7.11 Å². The third-order valence-electron chi connectivity index (χ3n) is 4.80. The minimum Gasteiger partial charge on any atom is -0.496 e. The van der Waals surface area contributed by atoms with Crippen LogP contribution >= 0.6 is 0 Å². The van der Waals surface area contributed by atoms with Crippen LogP contribution < -0.4 is 10.1 Å². The van der Waals surface area contributed by atoms with Crippen LogP contribution in [0.15, 0.2) is 60.7 Å². The van der Waals surface area contributed by atoms with E-state index in [1.165, 1.54) is 43.5 Å². The predicted octanol–water partition coefficient (Wildman–Crippen LogP) is 5.46. The molecule has 0 bridgehead atoms. The topological polar surface area (TPSA) is 64.4 Å². The quantitative estimate of drug-likeness (QED) is 0.410. The average molecular weight is 416 g/mol. The molecule has 0 radical (unpaired) electrons. The second kappa shape index (κ2) is 8.96. The van der Waals surface area contributed by atoms with Gasteiger partial charge in [-0.25, -0.2) is 13.2 Å². The first kappa shape index (κ1) is 21.3. The second-order valence-corrected chi connectivity index (χ2v) is 6.73. The molecule has 0 aliphatic heterocycles. The summed E-state index contributed by atoms with van der Waals surface area (Å²) in [6.07, 6.45) is 0. The Morgan fingerprint density at radius 2 is 1.60 bits per heavy atom. The van der Waals surface area contributed by atoms with Gasteiger partial charge in [0, 0.05) is 23.7 Å². The van der Waals surface area contributed by atoms with Crippen molar-refractivity contribution in [3.8, 4) is 5.75 Å². The number of benzene rings is 3. The van der Waals surface area contributed by atoms with Crippen molar-refractivity contribution >= 4 is 5.69 Å². The minimum atomic E-state index is -0.979. The molecule has 0 amide bonds. The molecular weight excluding hydrogens is 397 g/mol. The molecule has 1 N–H and O–H groups in total. The fourth-order valence-electron chi connectivity index (χ4n) is 3.21. The molecule has 156 valence electrons. The van der Waals surface area contributed by atoms with Gasteiger partial charge < -0.3 is 4.74 Å². The summed E-state index contributed by atoms with van der Waals surface area (Å²) in [4.78, 5) is 10.8. The van der Waals surface area contributed by atoms with Crippen molar-refractivity contribution in [2.24, 2.45) is 0 Å². The third kappa shape index (κ3) is 4.60. The number of nitrogens with zero attached hydrogens (tertiary/aromatic N) is 1. The zero-order valence-corrected chi connectivity index (χ0v) is 16.2. The van der Waals surface area contributed by atoms with Crippen LogP contribution in [0.1, 0.15) is 35.7 Å². The molecule has 0 saturated carbocycles. The summed E-state index contributed by atoms with van der Waals surface area (Å²) in [5.74, 6) is -1.98. The molecule has 0 spiro atoms. The van der Waals surface area contributed by atoms with Crippen molar-refractivity contribution in [3.63, 3.8) is 0 Å². The fourth-order valence-corrected chi connectivity index (χ4v) is 3.21. The monoisotopic (exact) mass is 416 g/mol. The van der Waals surface area contributed by atoms with E-state index in [0.29, 0.717) is 22.4 Å². The lowest BCUT2D eigenvalue weighted by Crippen LogP contribution is -2.26. The number of ether oxygens (including phenoxy) is 1. The molecule has 0 aliphatic carbocycles. The van der Waals surface area contributed by atoms with E-state index in [1.807, 2.05) is 0 Å². The van der Waals surface area contributed by atoms with Gasteiger partial charge in [0.15, 0.2) is 11.6 Å². The van der Waals surface area contributed by atoms with Gasteiger partial charge in [0.25, 0.3) is 5.69 Å². The first-order valence-corrected chi connectivity index (χ1v) is 9.09. The molecular formula is C22H19F3N2O3. The number of hydrogen-bond acceptors (Lipinski definition) is 4. The predicted molar refractivity (Wildman–Crippen MR) is 106 cm³/mol. The maximum atomic E-state index is 13.7. The Kier molecular flexibility index (Phi) is 6.37. The van der Waals surface area contributed by atoms with Gasteiger partial charge in [-0.15, -0.1) is 0 Å². The van der Waals surface area contributed by atoms with E-state index in [-0.39, 0.29) is 5.69 Å². The molecule has 3 aromatic carbocycles. The third-order valence-corrected chi connectivity index (χ3v) is 4.80. The zero-order chi connectivity index (χ0) is 21.8. The molecule has 0 aliphatic rings. The summed E-state index contributed by atoms with van der Waals surface area (Å²) in [6, 6.07) is 12.3. The van der Waals surface area contributed by atoms with Gasteiger partial charge in [0.1, 0.15) is 11.6 Å². The summed E-state index contributed by atoms with van der Waals surface area (Å²) in [6.45, 7) is 1.74. The first-order chi connectivity index (χ1) is 14.3. The van der Waals surface area contributed by atoms with Crippen molar-refractivity contribution in [2.45, 2.75) is 19.0 Å². The Morgan fingerprint density at radius 3 is 2.20 bits per heavy atom. The van der Waals surface area contributed by atoms with Crippen LogP contribution in [0.25, 0.3) is 0 Å². The number of non-ortho nitro benzene ring substituents is 1. The summed E-state index contributed by atoms with van der Waals surface area (Å²) < 4.78 is 45.8. The highest BCUT2D eigenvalue weighted by Gasteiger charge is 2.24. The number of methoxy groups -OCH3 is 1. The van der Waals surface area contributed by atoms with Gasteiger partial charge in [-0.3, -0.25) is 15.4 Å². The number of hydrogen-bond donors (Lipinski definition) is 1. The summed E-state index contributed by atoms with van der Waals surface area (Å²) in [5, 5.41) is 14.5. The van der Waals surface area contributed by atoms with E-state index < -0.39 is 34.5 Å². The largest absolute Gasteiger partial charge is 0.496 e. The number of halogens is 3. The maximum absolute atomic E-state index is 13.7. The molecule has 3 aromatic rings. The van der Waals surface area contributed by atoms with Crippen molar-refractivity contribution in [1.29, 1.82) is 0 Å². The Bertz CT molecular complexity index is 1060. The van der Waals surface area contributed by atoms with E-state index in [9.17, 15) is 23.3 Å². The summed E-state index contributed by atoms with van der Waals surface area (Å²) in [5.41, 5.74) is 1.41. The minimum absolute atomic E-state index is 0.139. The summed E-state index contributed by atoms with van der Waals surface area (Å²) >= 11 is 0. The Hall–Kier alpha value is -3.39. The van der Waals surface area contributed by atoms with Crippen LogP contribution in [-0.4, -0.2) is 12.0 Å². The molecule has 8 heteroatoms. The first-order valence-electron chi connectivity index (χ1n) is 9.09. The molecule has 3 rings (SSSR count). The Labute approximate surface area is 171 Å². The SMILES string of the molecule is COc1ccc([N+](=O)[O-])cc1C(NC(C)c1ccc(F)c(F)c1)c1ccc(F)cc1. The lowest BCUT2D eigenvalue weighted by Gasteiger charge is -2.26. The van der Waals surface area contributed by atoms with Crippen LogP contribution in [0.3, 0.4) is 0 Å². The van der Waals surface area contributed by atoms with Crippen molar-refractivity contribution in [1.82, 2.24) is 5.32 Å². The molecule has 2 atom stereocenters. The molecule has 0 saturated heterocycles. The normalized spacial score (nSPS) is 13.0. The molecule has 5 nitrogen and oxygen atoms in total. The molecule has 0 aromatic heterocycles. The second-order valence-electron chi connectivity index (χ2n) is 6.73. The van der Waals surface area contributed by atoms with Crippen LogP contribution in [0.2, 0.25) is 0 Å². The van der Waals surface area contributed by atoms with Crippen molar-refractivity contribution in [3.05, 3.63) is 105 Å². The van der Waals surface area contributed by atoms with E-state index in [0.717, 1.165) is 12.1 Å². The van der Waals surface area contributed by atoms with Gasteiger partial charge >= 0.3 is 0 Å². The highest BCUT2D eigenvalue weighted by atomic mass is 19.2. The van der Waals surface area contributed by atoms with Crippen molar-refractivity contribution < 1.29 is 22.8 Å². The number of nitro groups is 1. The Balaban J connectivity index is 2.07. The highest BCUT2D eigenvalue weighted by Crippen LogP contribution is 2.35. The van der Waals surface area contributed by atoms with Gasteiger partial charge in [-0.2, -0.15) is 0 Å².